The molecule has 0 bridgehead atoms. The van der Waals surface area contributed by atoms with Crippen molar-refractivity contribution >= 4 is 16.8 Å². The number of hydrogen-bond acceptors (Lipinski definition) is 4. The number of rotatable bonds is 6. The molecule has 0 fully saturated rings. The lowest BCUT2D eigenvalue weighted by Crippen LogP contribution is -2.28. The number of para-hydroxylation sites is 1. The monoisotopic (exact) mass is 339 g/mol. The summed E-state index contributed by atoms with van der Waals surface area (Å²) in [6, 6.07) is 10.7. The number of nitrogens with one attached hydrogen (secondary N) is 1. The van der Waals surface area contributed by atoms with Crippen LogP contribution in [0.5, 0.6) is 0 Å². The largest absolute Gasteiger partial charge is 0.359 e. The summed E-state index contributed by atoms with van der Waals surface area (Å²) in [4.78, 5) is 24.4. The Morgan fingerprint density at radius 1 is 1.28 bits per heavy atom. The van der Waals surface area contributed by atoms with Crippen molar-refractivity contribution in [3.05, 3.63) is 63.8 Å². The number of pyridine rings is 1. The van der Waals surface area contributed by atoms with Crippen molar-refractivity contribution in [2.75, 3.05) is 0 Å². The number of carbonyl (C=O) groups excluding carboxylic acids is 1. The zero-order valence-electron chi connectivity index (χ0n) is 14.4. The van der Waals surface area contributed by atoms with Gasteiger partial charge in [-0.25, -0.2) is 0 Å². The summed E-state index contributed by atoms with van der Waals surface area (Å²) in [6.07, 6.45) is 1.86. The lowest BCUT2D eigenvalue weighted by atomic mass is 10.2. The SMILES string of the molecule is CCCc1cc(CNC(=O)Cn2c(C)cc(=O)c3ccccc32)on1. The van der Waals surface area contributed by atoms with E-state index in [0.717, 1.165) is 29.7 Å². The van der Waals surface area contributed by atoms with Gasteiger partial charge in [-0.1, -0.05) is 30.6 Å². The van der Waals surface area contributed by atoms with Crippen LogP contribution < -0.4 is 10.7 Å². The van der Waals surface area contributed by atoms with Crippen LogP contribution in [-0.4, -0.2) is 15.6 Å². The van der Waals surface area contributed by atoms with E-state index in [1.54, 1.807) is 12.1 Å². The van der Waals surface area contributed by atoms with Gasteiger partial charge in [0.25, 0.3) is 0 Å². The summed E-state index contributed by atoms with van der Waals surface area (Å²) in [5, 5.41) is 7.42. The topological polar surface area (TPSA) is 77.1 Å². The molecule has 0 radical (unpaired) electrons. The highest BCUT2D eigenvalue weighted by Crippen LogP contribution is 2.12. The molecule has 0 saturated carbocycles. The molecular weight excluding hydrogens is 318 g/mol. The Hall–Kier alpha value is -2.89. The number of aryl methyl sites for hydroxylation is 2. The van der Waals surface area contributed by atoms with Crippen molar-refractivity contribution in [1.82, 2.24) is 15.0 Å². The Kier molecular flexibility index (Phi) is 4.97. The highest BCUT2D eigenvalue weighted by atomic mass is 16.5. The molecule has 3 aromatic rings. The predicted octanol–water partition coefficient (Wildman–Crippen LogP) is 2.57. The van der Waals surface area contributed by atoms with Crippen molar-refractivity contribution in [1.29, 1.82) is 0 Å². The zero-order chi connectivity index (χ0) is 17.8. The van der Waals surface area contributed by atoms with Gasteiger partial charge in [-0.2, -0.15) is 0 Å². The fourth-order valence-corrected chi connectivity index (χ4v) is 2.86. The van der Waals surface area contributed by atoms with E-state index in [4.69, 9.17) is 4.52 Å². The molecule has 0 atom stereocenters. The highest BCUT2D eigenvalue weighted by molar-refractivity contribution is 5.82. The second-order valence-corrected chi connectivity index (χ2v) is 6.06. The number of aromatic nitrogens is 2. The Balaban J connectivity index is 1.72. The average Bonchev–Trinajstić information content (AvgIpc) is 3.05. The van der Waals surface area contributed by atoms with Crippen molar-refractivity contribution in [2.24, 2.45) is 0 Å². The molecule has 6 nitrogen and oxygen atoms in total. The van der Waals surface area contributed by atoms with Crippen molar-refractivity contribution in [3.63, 3.8) is 0 Å². The first-order valence-electron chi connectivity index (χ1n) is 8.39. The molecule has 1 amide bonds. The van der Waals surface area contributed by atoms with Crippen molar-refractivity contribution in [2.45, 2.75) is 39.8 Å². The number of carbonyl (C=O) groups is 1. The Morgan fingerprint density at radius 3 is 2.88 bits per heavy atom. The lowest BCUT2D eigenvalue weighted by molar-refractivity contribution is -0.121. The van der Waals surface area contributed by atoms with Gasteiger partial charge < -0.3 is 14.4 Å². The van der Waals surface area contributed by atoms with Gasteiger partial charge in [0.15, 0.2) is 11.2 Å². The third-order valence-electron chi connectivity index (χ3n) is 4.10. The van der Waals surface area contributed by atoms with Crippen LogP contribution in [0.1, 0.15) is 30.5 Å². The van der Waals surface area contributed by atoms with Crippen molar-refractivity contribution < 1.29 is 9.32 Å². The number of fused-ring (bicyclic) bond motifs is 1. The molecule has 0 unspecified atom stereocenters. The van der Waals surface area contributed by atoms with Crippen LogP contribution in [-0.2, 0) is 24.3 Å². The van der Waals surface area contributed by atoms with E-state index in [-0.39, 0.29) is 17.9 Å². The van der Waals surface area contributed by atoms with Gasteiger partial charge in [-0.05, 0) is 25.5 Å². The van der Waals surface area contributed by atoms with E-state index >= 15 is 0 Å². The van der Waals surface area contributed by atoms with Gasteiger partial charge in [0.2, 0.25) is 5.91 Å². The van der Waals surface area contributed by atoms with Crippen LogP contribution in [0, 0.1) is 6.92 Å². The molecule has 25 heavy (non-hydrogen) atoms. The maximum Gasteiger partial charge on any atom is 0.240 e. The smallest absolute Gasteiger partial charge is 0.240 e. The molecule has 130 valence electrons. The van der Waals surface area contributed by atoms with Crippen LogP contribution in [0.15, 0.2) is 45.7 Å². The highest BCUT2D eigenvalue weighted by Gasteiger charge is 2.11. The van der Waals surface area contributed by atoms with Crippen molar-refractivity contribution in [3.8, 4) is 0 Å². The van der Waals surface area contributed by atoms with Crippen LogP contribution in [0.2, 0.25) is 0 Å². The van der Waals surface area contributed by atoms with E-state index in [1.165, 1.54) is 0 Å². The molecule has 1 aromatic carbocycles. The van der Waals surface area contributed by atoms with E-state index in [9.17, 15) is 9.59 Å². The fourth-order valence-electron chi connectivity index (χ4n) is 2.86. The van der Waals surface area contributed by atoms with Gasteiger partial charge in [0.05, 0.1) is 17.8 Å². The second-order valence-electron chi connectivity index (χ2n) is 6.06. The molecule has 0 spiro atoms. The molecule has 0 aliphatic rings. The third kappa shape index (κ3) is 3.79. The van der Waals surface area contributed by atoms with Gasteiger partial charge in [-0.3, -0.25) is 9.59 Å². The molecule has 1 N–H and O–H groups in total. The summed E-state index contributed by atoms with van der Waals surface area (Å²) >= 11 is 0. The zero-order valence-corrected chi connectivity index (χ0v) is 14.4. The fraction of sp³-hybridized carbons (Fsp3) is 0.316. The van der Waals surface area contributed by atoms with E-state index in [0.29, 0.717) is 17.7 Å². The van der Waals surface area contributed by atoms with Crippen LogP contribution in [0.25, 0.3) is 10.9 Å². The number of hydrogen-bond donors (Lipinski definition) is 1. The normalized spacial score (nSPS) is 11.0. The standard InChI is InChI=1S/C19H21N3O3/c1-3-6-14-10-15(25-21-14)11-20-19(24)12-22-13(2)9-18(23)16-7-4-5-8-17(16)22/h4-5,7-10H,3,6,11-12H2,1-2H3,(H,20,24). The first-order valence-corrected chi connectivity index (χ1v) is 8.39. The summed E-state index contributed by atoms with van der Waals surface area (Å²) in [7, 11) is 0. The number of nitrogens with zero attached hydrogens (tertiary/aromatic N) is 2. The minimum Gasteiger partial charge on any atom is -0.359 e. The van der Waals surface area contributed by atoms with E-state index in [2.05, 4.69) is 17.4 Å². The van der Waals surface area contributed by atoms with Gasteiger partial charge in [0, 0.05) is 23.2 Å². The summed E-state index contributed by atoms with van der Waals surface area (Å²) in [5.41, 5.74) is 2.38. The first kappa shape index (κ1) is 17.0. The van der Waals surface area contributed by atoms with E-state index < -0.39 is 0 Å². The van der Waals surface area contributed by atoms with Crippen LogP contribution >= 0.6 is 0 Å². The summed E-state index contributed by atoms with van der Waals surface area (Å²) in [6.45, 7) is 4.34. The number of amides is 1. The summed E-state index contributed by atoms with van der Waals surface area (Å²) in [5.74, 6) is 0.489. The molecule has 0 aliphatic carbocycles. The van der Waals surface area contributed by atoms with Gasteiger partial charge >= 0.3 is 0 Å². The summed E-state index contributed by atoms with van der Waals surface area (Å²) < 4.78 is 7.06. The Morgan fingerprint density at radius 2 is 2.08 bits per heavy atom. The predicted molar refractivity (Wildman–Crippen MR) is 95.3 cm³/mol. The molecule has 3 rings (SSSR count). The molecule has 2 aromatic heterocycles. The quantitative estimate of drug-likeness (QED) is 0.749. The third-order valence-corrected chi connectivity index (χ3v) is 4.10. The van der Waals surface area contributed by atoms with Gasteiger partial charge in [0.1, 0.15) is 6.54 Å². The molecule has 2 heterocycles. The second kappa shape index (κ2) is 7.34. The molecular formula is C19H21N3O3. The van der Waals surface area contributed by atoms with E-state index in [1.807, 2.05) is 35.8 Å². The minimum absolute atomic E-state index is 0.0325. The first-order chi connectivity index (χ1) is 12.1. The number of benzene rings is 1. The Labute approximate surface area is 145 Å². The van der Waals surface area contributed by atoms with Crippen LogP contribution in [0.3, 0.4) is 0 Å². The van der Waals surface area contributed by atoms with Crippen LogP contribution in [0.4, 0.5) is 0 Å². The maximum absolute atomic E-state index is 12.3. The average molecular weight is 339 g/mol. The van der Waals surface area contributed by atoms with Gasteiger partial charge in [-0.15, -0.1) is 0 Å². The Bertz CT molecular complexity index is 956. The maximum atomic E-state index is 12.3. The molecule has 6 heteroatoms. The molecule has 0 saturated heterocycles. The lowest BCUT2D eigenvalue weighted by Gasteiger charge is -2.14. The molecule has 0 aliphatic heterocycles. The minimum atomic E-state index is -0.148.